The van der Waals surface area contributed by atoms with Gasteiger partial charge in [0.15, 0.2) is 0 Å². The lowest BCUT2D eigenvalue weighted by atomic mass is 9.88. The molecule has 6 aromatic carbocycles. The molecule has 0 aromatic heterocycles. The van der Waals surface area contributed by atoms with E-state index in [9.17, 15) is 14.4 Å². The molecule has 6 atom stereocenters. The minimum atomic E-state index is -3.77. The summed E-state index contributed by atoms with van der Waals surface area (Å²) in [6.07, 6.45) is -3.56. The summed E-state index contributed by atoms with van der Waals surface area (Å²) < 4.78 is 102. The normalized spacial score (nSPS) is 20.0. The lowest BCUT2D eigenvalue weighted by molar-refractivity contribution is -0.153. The molecule has 0 radical (unpaired) electrons. The van der Waals surface area contributed by atoms with E-state index in [4.69, 9.17) is 42.0 Å². The Morgan fingerprint density at radius 2 is 0.738 bits per heavy atom. The van der Waals surface area contributed by atoms with Crippen LogP contribution in [-0.4, -0.2) is 94.3 Å². The van der Waals surface area contributed by atoms with Crippen molar-refractivity contribution in [2.45, 2.75) is 58.8 Å². The molecule has 18 heteroatoms. The Kier molecular flexibility index (Phi) is 18.0. The zero-order valence-corrected chi connectivity index (χ0v) is 47.9. The third-order valence-corrected chi connectivity index (χ3v) is 21.6. The first kappa shape index (κ1) is 57.9. The molecule has 0 fully saturated rings. The Hall–Kier alpha value is -6.82. The van der Waals surface area contributed by atoms with Crippen LogP contribution in [0.5, 0.6) is 17.2 Å². The molecule has 15 nitrogen and oxygen atoms in total. The van der Waals surface area contributed by atoms with Gasteiger partial charge >= 0.3 is 17.9 Å². The molecule has 80 heavy (non-hydrogen) atoms. The summed E-state index contributed by atoms with van der Waals surface area (Å²) in [4.78, 5) is 39.7. The average molecular weight is 1140 g/mol. The average Bonchev–Trinajstić information content (AvgIpc) is 3.49. The lowest BCUT2D eigenvalue weighted by Crippen LogP contribution is -2.41. The minimum Gasteiger partial charge on any atom is -0.459 e. The molecule has 6 unspecified atom stereocenters. The van der Waals surface area contributed by atoms with Gasteiger partial charge in [0.05, 0.1) is 74.0 Å². The van der Waals surface area contributed by atoms with Crippen molar-refractivity contribution in [1.82, 2.24) is 0 Å². The smallest absolute Gasteiger partial charge is 0.333 e. The predicted molar refractivity (Wildman–Crippen MR) is 309 cm³/mol. The van der Waals surface area contributed by atoms with Crippen molar-refractivity contribution in [3.05, 3.63) is 170 Å². The van der Waals surface area contributed by atoms with Gasteiger partial charge in [-0.2, -0.15) is 0 Å². The van der Waals surface area contributed by atoms with Crippen LogP contribution in [0, 0.1) is 5.41 Å². The number of ether oxygens (including phenoxy) is 6. The first-order valence-electron chi connectivity index (χ1n) is 26.5. The second-order valence-corrected chi connectivity index (χ2v) is 27.5. The molecule has 0 N–H and O–H groups in total. The SMILES string of the molecule is C=C(C)C(=O)OC(COCC(CC)(COCC(CP1(=O)Oc2ccccc2-c2ccccc21)OC(=O)CC)COCC(CP1(=O)Oc2ccccc2-c2ccccc21)OC(=O)C(=C)C)CP1(=O)Oc2ccccc2-c2ccccc21. The van der Waals surface area contributed by atoms with E-state index in [1.165, 1.54) is 13.8 Å². The number of carbonyl (C=O) groups is 3. The molecule has 0 spiro atoms. The number of carbonyl (C=O) groups excluding carboxylic acids is 3. The van der Waals surface area contributed by atoms with E-state index in [0.717, 1.165) is 33.4 Å². The Morgan fingerprint density at radius 1 is 0.450 bits per heavy atom. The second kappa shape index (κ2) is 24.9. The summed E-state index contributed by atoms with van der Waals surface area (Å²) in [5.74, 6) is -0.666. The number of benzene rings is 6. The van der Waals surface area contributed by atoms with Gasteiger partial charge in [-0.3, -0.25) is 18.5 Å². The third kappa shape index (κ3) is 12.8. The number of hydrogen-bond donors (Lipinski definition) is 0. The molecule has 0 bridgehead atoms. The van der Waals surface area contributed by atoms with Crippen LogP contribution in [-0.2, 0) is 56.5 Å². The van der Waals surface area contributed by atoms with Gasteiger partial charge in [-0.1, -0.05) is 136 Å². The van der Waals surface area contributed by atoms with E-state index in [-0.39, 0.29) is 75.7 Å². The molecule has 9 rings (SSSR count). The van der Waals surface area contributed by atoms with Crippen LogP contribution in [0.4, 0.5) is 0 Å². The largest absolute Gasteiger partial charge is 0.459 e. The van der Waals surface area contributed by atoms with E-state index in [0.29, 0.717) is 39.6 Å². The van der Waals surface area contributed by atoms with Gasteiger partial charge in [0.25, 0.3) is 22.1 Å². The molecule has 3 aliphatic heterocycles. The molecule has 3 heterocycles. The first-order chi connectivity index (χ1) is 38.5. The van der Waals surface area contributed by atoms with Crippen LogP contribution >= 0.6 is 22.1 Å². The standard InChI is InChI=1S/C62H65O15P3/c1-7-59(63)72-44(36-78(66)56-30-18-12-24-50(56)47-21-9-15-27-53(47)75-78)33-69-39-62(8-2,40-70-34-45(73-60(64)42(3)4)37-79(67)57-31-19-13-25-51(57)48-22-10-16-28-54(48)76-79)41-71-35-46(74-61(65)43(5)6)38-80(68)58-32-20-14-26-52(58)49-23-11-17-29-55(49)77-80/h9-32,44-46H,3,5,7-8,33-41H2,1-2,4,6H3. The van der Waals surface area contributed by atoms with Gasteiger partial charge in [0, 0.05) is 39.7 Å². The number of para-hydroxylation sites is 3. The van der Waals surface area contributed by atoms with Crippen molar-refractivity contribution >= 4 is 55.9 Å². The zero-order valence-electron chi connectivity index (χ0n) is 45.2. The van der Waals surface area contributed by atoms with Gasteiger partial charge in [0.2, 0.25) is 0 Å². The van der Waals surface area contributed by atoms with Gasteiger partial charge < -0.3 is 42.0 Å². The minimum absolute atomic E-state index is 0.0437. The lowest BCUT2D eigenvalue weighted by Gasteiger charge is -2.35. The molecule has 0 saturated heterocycles. The summed E-state index contributed by atoms with van der Waals surface area (Å²) >= 11 is 0. The molecule has 6 aromatic rings. The van der Waals surface area contributed by atoms with Crippen LogP contribution in [0.1, 0.15) is 40.5 Å². The molecule has 0 saturated carbocycles. The maximum Gasteiger partial charge on any atom is 0.333 e. The highest BCUT2D eigenvalue weighted by Crippen LogP contribution is 2.58. The van der Waals surface area contributed by atoms with Crippen LogP contribution in [0.3, 0.4) is 0 Å². The zero-order chi connectivity index (χ0) is 56.7. The summed E-state index contributed by atoms with van der Waals surface area (Å²) in [5, 5.41) is 1.44. The summed E-state index contributed by atoms with van der Waals surface area (Å²) in [6.45, 7) is 13.1. The number of esters is 3. The molecular weight excluding hydrogens is 1080 g/mol. The fourth-order valence-electron chi connectivity index (χ4n) is 9.93. The van der Waals surface area contributed by atoms with Crippen molar-refractivity contribution in [2.24, 2.45) is 5.41 Å². The topological polar surface area (TPSA) is 185 Å². The van der Waals surface area contributed by atoms with Crippen LogP contribution in [0.2, 0.25) is 0 Å². The van der Waals surface area contributed by atoms with Gasteiger partial charge in [-0.05, 0) is 73.4 Å². The Balaban J connectivity index is 0.985. The maximum atomic E-state index is 15.1. The highest BCUT2D eigenvalue weighted by atomic mass is 31.2. The quantitative estimate of drug-likeness (QED) is 0.0228. The molecule has 418 valence electrons. The maximum absolute atomic E-state index is 15.1. The van der Waals surface area contributed by atoms with Crippen molar-refractivity contribution in [1.29, 1.82) is 0 Å². The monoisotopic (exact) mass is 1140 g/mol. The Bertz CT molecular complexity index is 3310. The predicted octanol–water partition coefficient (Wildman–Crippen LogP) is 11.7. The Labute approximate surface area is 466 Å². The van der Waals surface area contributed by atoms with E-state index >= 15 is 13.7 Å². The highest BCUT2D eigenvalue weighted by molar-refractivity contribution is 7.68. The summed E-state index contributed by atoms with van der Waals surface area (Å²) in [5.41, 5.74) is 3.75. The molecular formula is C62H65O15P3. The number of fused-ring (bicyclic) bond motifs is 9. The van der Waals surface area contributed by atoms with Crippen molar-refractivity contribution in [3.63, 3.8) is 0 Å². The molecule has 0 aliphatic carbocycles. The van der Waals surface area contributed by atoms with Crippen molar-refractivity contribution in [3.8, 4) is 50.6 Å². The van der Waals surface area contributed by atoms with Gasteiger partial charge in [-0.25, -0.2) is 9.59 Å². The Morgan fingerprint density at radius 3 is 1.04 bits per heavy atom. The van der Waals surface area contributed by atoms with E-state index in [2.05, 4.69) is 13.2 Å². The van der Waals surface area contributed by atoms with Crippen LogP contribution < -0.4 is 29.5 Å². The van der Waals surface area contributed by atoms with Gasteiger partial charge in [-0.15, -0.1) is 0 Å². The fourth-order valence-corrected chi connectivity index (χ4v) is 17.2. The van der Waals surface area contributed by atoms with E-state index < -0.39 is 63.7 Å². The molecule has 0 amide bonds. The number of rotatable bonds is 25. The summed E-state index contributed by atoms with van der Waals surface area (Å²) in [6, 6.07) is 43.7. The van der Waals surface area contributed by atoms with Crippen LogP contribution in [0.15, 0.2) is 170 Å². The molecule has 3 aliphatic rings. The summed E-state index contributed by atoms with van der Waals surface area (Å²) in [7, 11) is -11.3. The van der Waals surface area contributed by atoms with Crippen molar-refractivity contribution in [2.75, 3.05) is 58.1 Å². The van der Waals surface area contributed by atoms with Crippen molar-refractivity contribution < 1.29 is 70.1 Å². The first-order valence-corrected chi connectivity index (χ1v) is 32.0. The van der Waals surface area contributed by atoms with Crippen LogP contribution in [0.25, 0.3) is 33.4 Å². The fraction of sp³-hybridized carbons (Fsp3) is 0.306. The highest BCUT2D eigenvalue weighted by Gasteiger charge is 2.43. The second-order valence-electron chi connectivity index (χ2n) is 20.4. The van der Waals surface area contributed by atoms with E-state index in [1.54, 1.807) is 79.7 Å². The number of hydrogen-bond acceptors (Lipinski definition) is 15. The third-order valence-electron chi connectivity index (χ3n) is 14.1. The van der Waals surface area contributed by atoms with E-state index in [1.807, 2.05) is 79.7 Å². The van der Waals surface area contributed by atoms with Gasteiger partial charge in [0.1, 0.15) is 35.6 Å².